The third kappa shape index (κ3) is 4.86. The zero-order valence-electron chi connectivity index (χ0n) is 19.4. The van der Waals surface area contributed by atoms with E-state index in [9.17, 15) is 23.9 Å². The smallest absolute Gasteiger partial charge is 0.327 e. The third-order valence-corrected chi connectivity index (χ3v) is 7.53. The van der Waals surface area contributed by atoms with E-state index in [4.69, 9.17) is 21.1 Å². The van der Waals surface area contributed by atoms with Gasteiger partial charge in [-0.25, -0.2) is 9.18 Å². The first-order valence-corrected chi connectivity index (χ1v) is 12.2. The van der Waals surface area contributed by atoms with Gasteiger partial charge in [0.1, 0.15) is 24.2 Å². The normalized spacial score (nSPS) is 21.4. The molecule has 0 saturated carbocycles. The molecule has 0 spiro atoms. The van der Waals surface area contributed by atoms with E-state index in [0.29, 0.717) is 26.1 Å². The van der Waals surface area contributed by atoms with Gasteiger partial charge in [-0.15, -0.1) is 11.3 Å². The van der Waals surface area contributed by atoms with Crippen molar-refractivity contribution in [1.82, 2.24) is 4.90 Å². The fraction of sp³-hybridized carbons (Fsp3) is 0.269. The highest BCUT2D eigenvalue weighted by atomic mass is 35.5. The summed E-state index contributed by atoms with van der Waals surface area (Å²) in [7, 11) is 2.81. The highest BCUT2D eigenvalue weighted by Crippen LogP contribution is 2.52. The van der Waals surface area contributed by atoms with Crippen molar-refractivity contribution in [3.8, 4) is 5.75 Å². The maximum absolute atomic E-state index is 14.0. The summed E-state index contributed by atoms with van der Waals surface area (Å²) in [5.74, 6) is -4.24. The van der Waals surface area contributed by atoms with Gasteiger partial charge in [0.2, 0.25) is 5.91 Å². The SMILES string of the molecule is COCC(=O)N1C(C(=O)O)C(c2cccc(OC)c2)C(C(=O)c2ccc(Cl)s2)C1c1ccc(F)cc1. The van der Waals surface area contributed by atoms with Crippen molar-refractivity contribution >= 4 is 40.6 Å². The van der Waals surface area contributed by atoms with Crippen LogP contribution in [0, 0.1) is 11.7 Å². The number of carboxylic acid groups (broad SMARTS) is 1. The van der Waals surface area contributed by atoms with Crippen molar-refractivity contribution in [2.75, 3.05) is 20.8 Å². The Balaban J connectivity index is 1.99. The van der Waals surface area contributed by atoms with Crippen molar-refractivity contribution in [2.45, 2.75) is 18.0 Å². The van der Waals surface area contributed by atoms with Crippen LogP contribution in [0.5, 0.6) is 5.75 Å². The van der Waals surface area contributed by atoms with E-state index < -0.39 is 48.2 Å². The number of carboxylic acids is 1. The highest BCUT2D eigenvalue weighted by Gasteiger charge is 2.57. The number of thiophene rings is 1. The lowest BCUT2D eigenvalue weighted by Crippen LogP contribution is -2.45. The van der Waals surface area contributed by atoms with E-state index in [0.717, 1.165) is 11.3 Å². The van der Waals surface area contributed by atoms with Crippen LogP contribution in [0.15, 0.2) is 60.7 Å². The average Bonchev–Trinajstić information content (AvgIpc) is 3.46. The molecule has 1 fully saturated rings. The number of hydrogen-bond acceptors (Lipinski definition) is 6. The van der Waals surface area contributed by atoms with Gasteiger partial charge in [-0.3, -0.25) is 9.59 Å². The summed E-state index contributed by atoms with van der Waals surface area (Å²) in [6, 6.07) is 12.9. The molecule has 188 valence electrons. The van der Waals surface area contributed by atoms with Gasteiger partial charge in [-0.1, -0.05) is 35.9 Å². The quantitative estimate of drug-likeness (QED) is 0.419. The van der Waals surface area contributed by atoms with E-state index in [1.54, 1.807) is 36.4 Å². The molecule has 2 aromatic carbocycles. The Morgan fingerprint density at radius 2 is 1.78 bits per heavy atom. The van der Waals surface area contributed by atoms with Crippen molar-refractivity contribution < 1.29 is 33.4 Å². The van der Waals surface area contributed by atoms with Gasteiger partial charge in [0.05, 0.1) is 28.3 Å². The van der Waals surface area contributed by atoms with Gasteiger partial charge in [0, 0.05) is 13.0 Å². The third-order valence-electron chi connectivity index (χ3n) is 6.28. The monoisotopic (exact) mass is 531 g/mol. The Morgan fingerprint density at radius 3 is 2.36 bits per heavy atom. The number of amides is 1. The van der Waals surface area contributed by atoms with Crippen LogP contribution in [0.2, 0.25) is 4.34 Å². The van der Waals surface area contributed by atoms with Crippen LogP contribution in [0.25, 0.3) is 0 Å². The van der Waals surface area contributed by atoms with Gasteiger partial charge >= 0.3 is 5.97 Å². The molecule has 0 bridgehead atoms. The van der Waals surface area contributed by atoms with Crippen LogP contribution in [-0.4, -0.2) is 54.5 Å². The predicted octanol–water partition coefficient (Wildman–Crippen LogP) is 4.82. The summed E-state index contributed by atoms with van der Waals surface area (Å²) in [4.78, 5) is 41.6. The second-order valence-electron chi connectivity index (χ2n) is 8.31. The Hall–Kier alpha value is -3.27. The molecule has 7 nitrogen and oxygen atoms in total. The molecule has 0 aliphatic carbocycles. The lowest BCUT2D eigenvalue weighted by Gasteiger charge is -2.30. The molecule has 1 aliphatic rings. The molecule has 1 amide bonds. The zero-order chi connectivity index (χ0) is 26.0. The van der Waals surface area contributed by atoms with Crippen LogP contribution in [0.1, 0.15) is 32.8 Å². The molecular weight excluding hydrogens is 509 g/mol. The lowest BCUT2D eigenvalue weighted by atomic mass is 9.77. The standard InChI is InChI=1S/C26H23ClFNO6S/c1-34-13-20(30)29-23(14-6-8-16(28)9-7-14)22(25(31)18-10-11-19(27)36-18)21(24(29)26(32)33)15-4-3-5-17(12-15)35-2/h3-12,21-24H,13H2,1-2H3,(H,32,33). The Labute approximate surface area is 216 Å². The molecule has 4 atom stereocenters. The zero-order valence-corrected chi connectivity index (χ0v) is 21.0. The highest BCUT2D eigenvalue weighted by molar-refractivity contribution is 7.18. The van der Waals surface area contributed by atoms with Crippen LogP contribution >= 0.6 is 22.9 Å². The van der Waals surface area contributed by atoms with Crippen molar-refractivity contribution in [2.24, 2.45) is 5.92 Å². The number of nitrogens with zero attached hydrogens (tertiary/aromatic N) is 1. The average molecular weight is 532 g/mol. The van der Waals surface area contributed by atoms with E-state index >= 15 is 0 Å². The molecular formula is C26H23ClFNO6S. The first kappa shape index (κ1) is 25.8. The number of methoxy groups -OCH3 is 2. The number of hydrogen-bond donors (Lipinski definition) is 1. The molecule has 1 aliphatic heterocycles. The fourth-order valence-electron chi connectivity index (χ4n) is 4.88. The Morgan fingerprint density at radius 1 is 1.06 bits per heavy atom. The van der Waals surface area contributed by atoms with E-state index in [1.165, 1.54) is 43.4 Å². The maximum Gasteiger partial charge on any atom is 0.327 e. The number of carbonyl (C=O) groups excluding carboxylic acids is 2. The lowest BCUT2D eigenvalue weighted by molar-refractivity contribution is -0.151. The molecule has 1 saturated heterocycles. The summed E-state index contributed by atoms with van der Waals surface area (Å²) in [5.41, 5.74) is 0.945. The van der Waals surface area contributed by atoms with Gasteiger partial charge in [-0.2, -0.15) is 0 Å². The fourth-order valence-corrected chi connectivity index (χ4v) is 5.91. The summed E-state index contributed by atoms with van der Waals surface area (Å²) >= 11 is 7.18. The van der Waals surface area contributed by atoms with Gasteiger partial charge in [0.15, 0.2) is 5.78 Å². The van der Waals surface area contributed by atoms with Crippen LogP contribution in [0.4, 0.5) is 4.39 Å². The van der Waals surface area contributed by atoms with E-state index in [2.05, 4.69) is 0 Å². The molecule has 4 unspecified atom stereocenters. The number of ether oxygens (including phenoxy) is 2. The second kappa shape index (κ2) is 10.8. The predicted molar refractivity (Wildman–Crippen MR) is 132 cm³/mol. The minimum absolute atomic E-state index is 0.329. The number of aliphatic carboxylic acids is 1. The van der Waals surface area contributed by atoms with Crippen molar-refractivity contribution in [3.63, 3.8) is 0 Å². The van der Waals surface area contributed by atoms with Gasteiger partial charge < -0.3 is 19.5 Å². The van der Waals surface area contributed by atoms with E-state index in [1.807, 2.05) is 0 Å². The first-order chi connectivity index (χ1) is 17.3. The summed E-state index contributed by atoms with van der Waals surface area (Å²) in [5, 5.41) is 10.4. The maximum atomic E-state index is 14.0. The van der Waals surface area contributed by atoms with Crippen LogP contribution < -0.4 is 4.74 Å². The first-order valence-electron chi connectivity index (χ1n) is 11.0. The molecule has 10 heteroatoms. The Bertz CT molecular complexity index is 1280. The summed E-state index contributed by atoms with van der Waals surface area (Å²) in [6.07, 6.45) is 0. The number of carbonyl (C=O) groups is 3. The second-order valence-corrected chi connectivity index (χ2v) is 10.0. The van der Waals surface area contributed by atoms with Gasteiger partial charge in [-0.05, 0) is 47.5 Å². The van der Waals surface area contributed by atoms with Crippen molar-refractivity contribution in [3.05, 3.63) is 86.8 Å². The summed E-state index contributed by atoms with van der Waals surface area (Å²) < 4.78 is 24.6. The van der Waals surface area contributed by atoms with Crippen LogP contribution in [-0.2, 0) is 14.3 Å². The Kier molecular flexibility index (Phi) is 7.73. The van der Waals surface area contributed by atoms with E-state index in [-0.39, 0.29) is 5.78 Å². The molecule has 0 radical (unpaired) electrons. The number of ketones is 1. The minimum Gasteiger partial charge on any atom is -0.497 e. The molecule has 2 heterocycles. The molecule has 3 aromatic rings. The molecule has 36 heavy (non-hydrogen) atoms. The molecule has 1 aromatic heterocycles. The van der Waals surface area contributed by atoms with Crippen LogP contribution in [0.3, 0.4) is 0 Å². The largest absolute Gasteiger partial charge is 0.497 e. The number of rotatable bonds is 8. The molecule has 1 N–H and O–H groups in total. The number of halogens is 2. The molecule has 4 rings (SSSR count). The summed E-state index contributed by atoms with van der Waals surface area (Å²) in [6.45, 7) is -0.391. The number of benzene rings is 2. The topological polar surface area (TPSA) is 93.1 Å². The number of Topliss-reactive ketones (excluding diaryl/α,β-unsaturated/α-hetero) is 1. The van der Waals surface area contributed by atoms with Gasteiger partial charge in [0.25, 0.3) is 0 Å². The minimum atomic E-state index is -1.40. The van der Waals surface area contributed by atoms with Crippen molar-refractivity contribution in [1.29, 1.82) is 0 Å². The number of likely N-dealkylation sites (tertiary alicyclic amines) is 1.